The Morgan fingerprint density at radius 3 is 2.32 bits per heavy atom. The van der Waals surface area contributed by atoms with Gasteiger partial charge in [-0.05, 0) is 19.1 Å². The van der Waals surface area contributed by atoms with Crippen molar-refractivity contribution in [1.82, 2.24) is 10.6 Å². The summed E-state index contributed by atoms with van der Waals surface area (Å²) in [7, 11) is 0. The number of halogens is 1. The zero-order chi connectivity index (χ0) is 18.7. The number of carbonyl (C=O) groups is 3. The summed E-state index contributed by atoms with van der Waals surface area (Å²) in [4.78, 5) is 35.2. The predicted molar refractivity (Wildman–Crippen MR) is 96.0 cm³/mol. The number of amides is 3. The number of esters is 1. The van der Waals surface area contributed by atoms with Gasteiger partial charge in [-0.25, -0.2) is 14.0 Å². The number of nitrogens with one attached hydrogen (secondary N) is 2. The molecule has 0 radical (unpaired) electrons. The molecule has 3 amide bonds. The van der Waals surface area contributed by atoms with Crippen molar-refractivity contribution >= 4 is 29.7 Å². The van der Waals surface area contributed by atoms with Crippen LogP contribution < -0.4 is 10.6 Å². The molecule has 2 atom stereocenters. The number of ether oxygens (including phenoxy) is 1. The molecule has 0 aromatic heterocycles. The summed E-state index contributed by atoms with van der Waals surface area (Å²) in [6.07, 6.45) is 9.13. The van der Waals surface area contributed by atoms with Crippen molar-refractivity contribution in [2.24, 2.45) is 0 Å². The Labute approximate surface area is 153 Å². The molecule has 1 fully saturated rings. The number of alkyl halides is 1. The minimum absolute atomic E-state index is 0.0405. The Morgan fingerprint density at radius 1 is 1.12 bits per heavy atom. The van der Waals surface area contributed by atoms with Gasteiger partial charge in [-0.3, -0.25) is 10.1 Å². The van der Waals surface area contributed by atoms with E-state index in [1.807, 2.05) is 0 Å². The third kappa shape index (κ3) is 6.49. The van der Waals surface area contributed by atoms with Gasteiger partial charge < -0.3 is 10.1 Å². The van der Waals surface area contributed by atoms with Crippen LogP contribution in [-0.2, 0) is 14.3 Å². The monoisotopic (exact) mass is 376 g/mol. The highest BCUT2D eigenvalue weighted by molar-refractivity contribution is 8.00. The number of hydrogen-bond acceptors (Lipinski definition) is 5. The van der Waals surface area contributed by atoms with E-state index >= 15 is 4.39 Å². The average Bonchev–Trinajstić information content (AvgIpc) is 2.57. The lowest BCUT2D eigenvalue weighted by atomic mass is 10.0. The third-order valence-electron chi connectivity index (χ3n) is 4.04. The van der Waals surface area contributed by atoms with E-state index in [0.29, 0.717) is 5.75 Å². The molecule has 0 aromatic carbocycles. The van der Waals surface area contributed by atoms with Crippen molar-refractivity contribution in [2.75, 3.05) is 12.4 Å². The van der Waals surface area contributed by atoms with Crippen LogP contribution in [0.15, 0.2) is 0 Å². The van der Waals surface area contributed by atoms with Gasteiger partial charge in [0.2, 0.25) is 0 Å². The van der Waals surface area contributed by atoms with Gasteiger partial charge in [0.15, 0.2) is 0 Å². The van der Waals surface area contributed by atoms with E-state index < -0.39 is 29.0 Å². The van der Waals surface area contributed by atoms with E-state index in [1.54, 1.807) is 5.32 Å². The van der Waals surface area contributed by atoms with E-state index in [9.17, 15) is 14.4 Å². The van der Waals surface area contributed by atoms with Crippen LogP contribution in [0, 0.1) is 0 Å². The molecule has 6 nitrogen and oxygen atoms in total. The topological polar surface area (TPSA) is 84.5 Å². The highest BCUT2D eigenvalue weighted by Gasteiger charge is 2.58. The van der Waals surface area contributed by atoms with Gasteiger partial charge >= 0.3 is 17.7 Å². The molecule has 0 aliphatic carbocycles. The van der Waals surface area contributed by atoms with Crippen LogP contribution in [0.3, 0.4) is 0 Å². The molecule has 0 bridgehead atoms. The second kappa shape index (κ2) is 11.3. The summed E-state index contributed by atoms with van der Waals surface area (Å²) >= 11 is 1.07. The maximum absolute atomic E-state index is 15.0. The normalized spacial score (nSPS) is 23.1. The Balaban J connectivity index is 2.41. The lowest BCUT2D eigenvalue weighted by Gasteiger charge is -2.34. The molecule has 2 unspecified atom stereocenters. The molecular formula is C17H29FN2O4S. The second-order valence-electron chi connectivity index (χ2n) is 6.09. The van der Waals surface area contributed by atoms with Gasteiger partial charge in [0.1, 0.15) is 5.37 Å². The molecule has 2 N–H and O–H groups in total. The molecule has 1 heterocycles. The second-order valence-corrected chi connectivity index (χ2v) is 7.30. The summed E-state index contributed by atoms with van der Waals surface area (Å²) < 4.78 is 19.7. The number of unbranched alkanes of at least 4 members (excludes halogenated alkanes) is 7. The van der Waals surface area contributed by atoms with Gasteiger partial charge in [-0.1, -0.05) is 51.9 Å². The fourth-order valence-electron chi connectivity index (χ4n) is 2.60. The number of rotatable bonds is 12. The number of thioether (sulfide) groups is 1. The van der Waals surface area contributed by atoms with E-state index in [0.717, 1.165) is 31.0 Å². The lowest BCUT2D eigenvalue weighted by molar-refractivity contribution is -0.163. The Hall–Kier alpha value is -1.31. The molecule has 1 aliphatic rings. The summed E-state index contributed by atoms with van der Waals surface area (Å²) in [5.74, 6) is -1.97. The first-order valence-electron chi connectivity index (χ1n) is 9.06. The first kappa shape index (κ1) is 21.7. The maximum Gasteiger partial charge on any atom is 0.357 e. The van der Waals surface area contributed by atoms with Gasteiger partial charge in [-0.2, -0.15) is 0 Å². The fraction of sp³-hybridized carbons (Fsp3) is 0.824. The summed E-state index contributed by atoms with van der Waals surface area (Å²) in [5.41, 5.74) is -2.89. The van der Waals surface area contributed by atoms with Gasteiger partial charge in [0, 0.05) is 0 Å². The summed E-state index contributed by atoms with van der Waals surface area (Å²) in [6.45, 7) is 3.67. The standard InChI is InChI=1S/C17H29FN2O4S/c1-3-5-6-7-8-9-10-11-12-25-14-17(18,15(22)24-4-2)13(21)19-16(23)20-14/h14H,3-12H2,1-2H3,(H2,19,20,21,23). The minimum Gasteiger partial charge on any atom is -0.463 e. The molecule has 1 rings (SSSR count). The largest absolute Gasteiger partial charge is 0.463 e. The smallest absolute Gasteiger partial charge is 0.357 e. The molecule has 0 spiro atoms. The van der Waals surface area contributed by atoms with Gasteiger partial charge in [-0.15, -0.1) is 11.8 Å². The Bertz CT molecular complexity index is 464. The number of carbonyl (C=O) groups excluding carboxylic acids is 3. The van der Waals surface area contributed by atoms with Crippen molar-refractivity contribution < 1.29 is 23.5 Å². The van der Waals surface area contributed by atoms with Crippen molar-refractivity contribution in [2.45, 2.75) is 76.3 Å². The molecule has 1 aliphatic heterocycles. The van der Waals surface area contributed by atoms with E-state index in [4.69, 9.17) is 0 Å². The van der Waals surface area contributed by atoms with Gasteiger partial charge in [0.25, 0.3) is 5.91 Å². The van der Waals surface area contributed by atoms with Crippen LogP contribution in [0.2, 0.25) is 0 Å². The van der Waals surface area contributed by atoms with Gasteiger partial charge in [0.05, 0.1) is 6.61 Å². The maximum atomic E-state index is 15.0. The molecule has 8 heteroatoms. The van der Waals surface area contributed by atoms with Crippen molar-refractivity contribution in [3.63, 3.8) is 0 Å². The first-order valence-corrected chi connectivity index (χ1v) is 10.1. The highest BCUT2D eigenvalue weighted by atomic mass is 32.2. The van der Waals surface area contributed by atoms with Crippen LogP contribution in [0.5, 0.6) is 0 Å². The zero-order valence-electron chi connectivity index (χ0n) is 15.1. The lowest BCUT2D eigenvalue weighted by Crippen LogP contribution is -2.69. The number of urea groups is 1. The first-order chi connectivity index (χ1) is 12.0. The summed E-state index contributed by atoms with van der Waals surface area (Å²) in [5, 5.41) is 2.85. The molecule has 144 valence electrons. The van der Waals surface area contributed by atoms with E-state index in [2.05, 4.69) is 17.0 Å². The molecule has 0 saturated carbocycles. The molecule has 1 saturated heterocycles. The number of hydrogen-bond donors (Lipinski definition) is 2. The van der Waals surface area contributed by atoms with Crippen molar-refractivity contribution in [3.8, 4) is 0 Å². The fourth-order valence-corrected chi connectivity index (χ4v) is 3.83. The van der Waals surface area contributed by atoms with E-state index in [-0.39, 0.29) is 6.61 Å². The molecule has 0 aromatic rings. The number of imide groups is 1. The van der Waals surface area contributed by atoms with Crippen molar-refractivity contribution in [3.05, 3.63) is 0 Å². The Morgan fingerprint density at radius 2 is 1.72 bits per heavy atom. The van der Waals surface area contributed by atoms with Crippen LogP contribution in [0.25, 0.3) is 0 Å². The SMILES string of the molecule is CCCCCCCCCCSC1NC(=O)NC(=O)C1(F)C(=O)OCC. The molecule has 25 heavy (non-hydrogen) atoms. The van der Waals surface area contributed by atoms with Crippen LogP contribution in [0.4, 0.5) is 9.18 Å². The Kier molecular flexibility index (Phi) is 9.85. The summed E-state index contributed by atoms with van der Waals surface area (Å²) in [6, 6.07) is -0.795. The van der Waals surface area contributed by atoms with Crippen molar-refractivity contribution in [1.29, 1.82) is 0 Å². The minimum atomic E-state index is -2.89. The zero-order valence-corrected chi connectivity index (χ0v) is 15.9. The van der Waals surface area contributed by atoms with Crippen LogP contribution >= 0.6 is 11.8 Å². The quantitative estimate of drug-likeness (QED) is 0.310. The van der Waals surface area contributed by atoms with Crippen LogP contribution in [-0.4, -0.2) is 41.3 Å². The van der Waals surface area contributed by atoms with E-state index in [1.165, 1.54) is 39.0 Å². The van der Waals surface area contributed by atoms with Crippen LogP contribution in [0.1, 0.15) is 65.2 Å². The predicted octanol–water partition coefficient (Wildman–Crippen LogP) is 3.30. The third-order valence-corrected chi connectivity index (χ3v) is 5.34. The molecular weight excluding hydrogens is 347 g/mol. The average molecular weight is 376 g/mol. The highest BCUT2D eigenvalue weighted by Crippen LogP contribution is 2.30.